The highest BCUT2D eigenvalue weighted by molar-refractivity contribution is 6.60. The van der Waals surface area contributed by atoms with E-state index in [0.29, 0.717) is 17.9 Å². The van der Waals surface area contributed by atoms with Crippen molar-refractivity contribution in [3.63, 3.8) is 0 Å². The molecule has 0 saturated heterocycles. The molecule has 0 saturated carbocycles. The number of nitrogens with zero attached hydrogens (tertiary/aromatic N) is 1. The number of urea groups is 1. The molecule has 0 aliphatic rings. The first-order valence-corrected chi connectivity index (χ1v) is 6.17. The molecule has 1 rings (SSSR count). The zero-order valence-corrected chi connectivity index (χ0v) is 11.5. The summed E-state index contributed by atoms with van der Waals surface area (Å²) in [6.07, 6.45) is 2.11. The zero-order valence-electron chi connectivity index (χ0n) is 11.5. The van der Waals surface area contributed by atoms with Crippen molar-refractivity contribution in [3.05, 3.63) is 23.3 Å². The third-order valence-electron chi connectivity index (χ3n) is 2.40. The number of rotatable bonds is 6. The summed E-state index contributed by atoms with van der Waals surface area (Å²) in [4.78, 5) is 10.6. The van der Waals surface area contributed by atoms with E-state index < -0.39 is 13.1 Å². The van der Waals surface area contributed by atoms with E-state index in [9.17, 15) is 14.8 Å². The number of aryl methyl sites for hydroxylation is 1. The van der Waals surface area contributed by atoms with E-state index in [1.165, 1.54) is 6.21 Å². The van der Waals surface area contributed by atoms with Gasteiger partial charge in [-0.3, -0.25) is 0 Å². The van der Waals surface area contributed by atoms with Crippen molar-refractivity contribution in [1.82, 2.24) is 5.43 Å². The molecule has 8 heteroatoms. The maximum Gasteiger partial charge on any atom is 0.492 e. The van der Waals surface area contributed by atoms with Gasteiger partial charge in [-0.15, -0.1) is 0 Å². The molecule has 5 N–H and O–H groups in total. The summed E-state index contributed by atoms with van der Waals surface area (Å²) in [7, 11) is -1.65. The van der Waals surface area contributed by atoms with Gasteiger partial charge in [0.2, 0.25) is 0 Å². The number of hydrogen-bond acceptors (Lipinski definition) is 5. The van der Waals surface area contributed by atoms with Gasteiger partial charge in [-0.05, 0) is 19.4 Å². The van der Waals surface area contributed by atoms with Crippen molar-refractivity contribution in [2.75, 3.05) is 6.61 Å². The average Bonchev–Trinajstić information content (AvgIpc) is 2.36. The van der Waals surface area contributed by atoms with Gasteiger partial charge in [0.1, 0.15) is 5.75 Å². The standard InChI is InChI=1S/C12H18BN3O4/c1-3-4-20-11-9(7-15-16-12(14)17)5-8(2)6-10(11)13(18)19/h5-7,18-19H,3-4H2,1-2H3,(H3,14,16,17). The van der Waals surface area contributed by atoms with Gasteiger partial charge in [-0.1, -0.05) is 18.6 Å². The molecule has 0 bridgehead atoms. The molecule has 1 aromatic carbocycles. The molecule has 0 heterocycles. The number of hydrazone groups is 1. The van der Waals surface area contributed by atoms with Crippen molar-refractivity contribution in [2.45, 2.75) is 20.3 Å². The van der Waals surface area contributed by atoms with E-state index >= 15 is 0 Å². The molecule has 0 aliphatic heterocycles. The van der Waals surface area contributed by atoms with Crippen LogP contribution < -0.4 is 21.4 Å². The fraction of sp³-hybridized carbons (Fsp3) is 0.333. The predicted octanol–water partition coefficient (Wildman–Crippen LogP) is -0.534. The van der Waals surface area contributed by atoms with Crippen LogP contribution in [0.3, 0.4) is 0 Å². The average molecular weight is 279 g/mol. The molecule has 0 radical (unpaired) electrons. The third kappa shape index (κ3) is 4.56. The van der Waals surface area contributed by atoms with Crippen LogP contribution in [0.15, 0.2) is 17.2 Å². The van der Waals surface area contributed by atoms with Crippen LogP contribution in [0.25, 0.3) is 0 Å². The minimum absolute atomic E-state index is 0.249. The van der Waals surface area contributed by atoms with E-state index in [2.05, 4.69) is 10.5 Å². The highest BCUT2D eigenvalue weighted by Gasteiger charge is 2.20. The quantitative estimate of drug-likeness (QED) is 0.318. The normalized spacial score (nSPS) is 10.6. The lowest BCUT2D eigenvalue weighted by atomic mass is 9.77. The SMILES string of the molecule is CCCOc1c(C=NNC(N)=O)cc(C)cc1B(O)O. The number of carbonyl (C=O) groups is 1. The summed E-state index contributed by atoms with van der Waals surface area (Å²) in [5, 5.41) is 22.5. The van der Waals surface area contributed by atoms with Crippen molar-refractivity contribution < 1.29 is 19.6 Å². The second-order valence-corrected chi connectivity index (χ2v) is 4.23. The largest absolute Gasteiger partial charge is 0.493 e. The van der Waals surface area contributed by atoms with E-state index in [-0.39, 0.29) is 5.46 Å². The Morgan fingerprint density at radius 2 is 2.25 bits per heavy atom. The molecule has 108 valence electrons. The lowest BCUT2D eigenvalue weighted by Gasteiger charge is -2.14. The number of primary amides is 1. The first-order chi connectivity index (χ1) is 9.45. The van der Waals surface area contributed by atoms with Crippen LogP contribution >= 0.6 is 0 Å². The molecule has 0 unspecified atom stereocenters. The number of nitrogens with one attached hydrogen (secondary N) is 1. The van der Waals surface area contributed by atoms with Crippen LogP contribution in [-0.4, -0.2) is 36.0 Å². The molecule has 2 amide bonds. The molecule has 1 aromatic rings. The van der Waals surface area contributed by atoms with Crippen LogP contribution in [0.2, 0.25) is 0 Å². The van der Waals surface area contributed by atoms with Gasteiger partial charge >= 0.3 is 13.1 Å². The number of ether oxygens (including phenoxy) is 1. The van der Waals surface area contributed by atoms with Gasteiger partial charge in [0, 0.05) is 11.0 Å². The third-order valence-corrected chi connectivity index (χ3v) is 2.40. The minimum atomic E-state index is -1.65. The topological polar surface area (TPSA) is 117 Å². The lowest BCUT2D eigenvalue weighted by Crippen LogP contribution is -2.33. The Balaban J connectivity index is 3.17. The van der Waals surface area contributed by atoms with Crippen molar-refractivity contribution in [2.24, 2.45) is 10.8 Å². The van der Waals surface area contributed by atoms with E-state index in [4.69, 9.17) is 10.5 Å². The predicted molar refractivity (Wildman–Crippen MR) is 77.1 cm³/mol. The molecular weight excluding hydrogens is 261 g/mol. The van der Waals surface area contributed by atoms with Crippen LogP contribution in [-0.2, 0) is 0 Å². The molecule has 0 spiro atoms. The number of carbonyl (C=O) groups excluding carboxylic acids is 1. The fourth-order valence-corrected chi connectivity index (χ4v) is 1.65. The lowest BCUT2D eigenvalue weighted by molar-refractivity contribution is 0.249. The molecule has 20 heavy (non-hydrogen) atoms. The molecule has 0 fully saturated rings. The summed E-state index contributed by atoms with van der Waals surface area (Å²) >= 11 is 0. The molecular formula is C12H18BN3O4. The molecule has 0 aromatic heterocycles. The first-order valence-electron chi connectivity index (χ1n) is 6.17. The summed E-state index contributed by atoms with van der Waals surface area (Å²) in [5.74, 6) is 0.322. The van der Waals surface area contributed by atoms with Crippen LogP contribution in [0.1, 0.15) is 24.5 Å². The molecule has 7 nitrogen and oxygen atoms in total. The minimum Gasteiger partial charge on any atom is -0.493 e. The summed E-state index contributed by atoms with van der Waals surface area (Å²) in [5.41, 5.74) is 8.56. The van der Waals surface area contributed by atoms with Crippen LogP contribution in [0.4, 0.5) is 4.79 Å². The van der Waals surface area contributed by atoms with Crippen molar-refractivity contribution >= 4 is 24.8 Å². The zero-order chi connectivity index (χ0) is 15.1. The van der Waals surface area contributed by atoms with Gasteiger partial charge in [-0.25, -0.2) is 10.2 Å². The Labute approximate surface area is 117 Å². The summed E-state index contributed by atoms with van der Waals surface area (Å²) in [6, 6.07) is 2.59. The maximum atomic E-state index is 10.6. The van der Waals surface area contributed by atoms with Gasteiger partial charge in [0.05, 0.1) is 12.8 Å². The Morgan fingerprint density at radius 3 is 2.80 bits per heavy atom. The van der Waals surface area contributed by atoms with Gasteiger partial charge in [-0.2, -0.15) is 5.10 Å². The molecule has 0 aliphatic carbocycles. The van der Waals surface area contributed by atoms with Crippen LogP contribution in [0, 0.1) is 6.92 Å². The van der Waals surface area contributed by atoms with Crippen molar-refractivity contribution in [3.8, 4) is 5.75 Å². The number of benzene rings is 1. The van der Waals surface area contributed by atoms with E-state index in [0.717, 1.165) is 12.0 Å². The van der Waals surface area contributed by atoms with Gasteiger partial charge < -0.3 is 20.5 Å². The Bertz CT molecular complexity index is 506. The second-order valence-electron chi connectivity index (χ2n) is 4.23. The number of nitrogens with two attached hydrogens (primary N) is 1. The van der Waals surface area contributed by atoms with E-state index in [1.54, 1.807) is 19.1 Å². The monoisotopic (exact) mass is 279 g/mol. The van der Waals surface area contributed by atoms with Crippen molar-refractivity contribution in [1.29, 1.82) is 0 Å². The Hall–Kier alpha value is -2.06. The Morgan fingerprint density at radius 1 is 1.55 bits per heavy atom. The molecule has 0 atom stereocenters. The highest BCUT2D eigenvalue weighted by atomic mass is 16.5. The van der Waals surface area contributed by atoms with Gasteiger partial charge in [0.25, 0.3) is 0 Å². The number of hydrogen-bond donors (Lipinski definition) is 4. The van der Waals surface area contributed by atoms with Crippen LogP contribution in [0.5, 0.6) is 5.75 Å². The smallest absolute Gasteiger partial charge is 0.492 e. The second kappa shape index (κ2) is 7.51. The number of amides is 2. The Kier molecular flexibility index (Phi) is 6.01. The van der Waals surface area contributed by atoms with Gasteiger partial charge in [0.15, 0.2) is 0 Å². The first kappa shape index (κ1) is 16.0. The summed E-state index contributed by atoms with van der Waals surface area (Å²) in [6.45, 7) is 4.16. The summed E-state index contributed by atoms with van der Waals surface area (Å²) < 4.78 is 5.54. The fourth-order valence-electron chi connectivity index (χ4n) is 1.65. The maximum absolute atomic E-state index is 10.6. The highest BCUT2D eigenvalue weighted by Crippen LogP contribution is 2.17. The van der Waals surface area contributed by atoms with E-state index in [1.807, 2.05) is 6.92 Å².